The molecular formula is C18H23BrN2. The summed E-state index contributed by atoms with van der Waals surface area (Å²) in [5.41, 5.74) is 10.1. The monoisotopic (exact) mass is 346 g/mol. The molecule has 2 aromatic carbocycles. The third-order valence-electron chi connectivity index (χ3n) is 3.65. The van der Waals surface area contributed by atoms with E-state index in [1.54, 1.807) is 0 Å². The highest BCUT2D eigenvalue weighted by molar-refractivity contribution is 9.10. The number of hydrogen-bond donors (Lipinski definition) is 1. The molecule has 0 saturated heterocycles. The average molecular weight is 347 g/mol. The van der Waals surface area contributed by atoms with Crippen LogP contribution in [0.1, 0.15) is 29.2 Å². The van der Waals surface area contributed by atoms with Crippen LogP contribution in [0, 0.1) is 6.92 Å². The van der Waals surface area contributed by atoms with Gasteiger partial charge in [-0.25, -0.2) is 0 Å². The smallest absolute Gasteiger partial charge is 0.0307 e. The first kappa shape index (κ1) is 16.2. The molecule has 0 aromatic heterocycles. The van der Waals surface area contributed by atoms with Gasteiger partial charge in [0, 0.05) is 17.1 Å². The number of hydrogen-bond acceptors (Lipinski definition) is 2. The maximum Gasteiger partial charge on any atom is 0.0307 e. The Bertz CT molecular complexity index is 566. The van der Waals surface area contributed by atoms with Gasteiger partial charge in [0.1, 0.15) is 0 Å². The van der Waals surface area contributed by atoms with E-state index in [2.05, 4.69) is 71.2 Å². The zero-order valence-electron chi connectivity index (χ0n) is 12.7. The zero-order valence-corrected chi connectivity index (χ0v) is 14.3. The summed E-state index contributed by atoms with van der Waals surface area (Å²) >= 11 is 3.45. The molecule has 0 bridgehead atoms. The standard InChI is InChI=1S/C18H23BrN2/c1-14-4-3-5-15(12-14)13-21(2)11-10-18(20)16-6-8-17(19)9-7-16/h3-9,12,18H,10-11,13,20H2,1-2H3. The van der Waals surface area contributed by atoms with Gasteiger partial charge in [-0.2, -0.15) is 0 Å². The van der Waals surface area contributed by atoms with E-state index in [9.17, 15) is 0 Å². The van der Waals surface area contributed by atoms with Crippen LogP contribution in [0.25, 0.3) is 0 Å². The molecule has 3 heteroatoms. The van der Waals surface area contributed by atoms with Gasteiger partial charge in [0.2, 0.25) is 0 Å². The molecule has 0 saturated carbocycles. The van der Waals surface area contributed by atoms with Crippen LogP contribution in [-0.4, -0.2) is 18.5 Å². The van der Waals surface area contributed by atoms with Crippen molar-refractivity contribution in [2.24, 2.45) is 5.73 Å². The second-order valence-corrected chi connectivity index (χ2v) is 6.59. The van der Waals surface area contributed by atoms with Crippen molar-refractivity contribution < 1.29 is 0 Å². The van der Waals surface area contributed by atoms with Crippen LogP contribution in [0.4, 0.5) is 0 Å². The minimum Gasteiger partial charge on any atom is -0.324 e. The van der Waals surface area contributed by atoms with Crippen molar-refractivity contribution in [2.75, 3.05) is 13.6 Å². The summed E-state index contributed by atoms with van der Waals surface area (Å²) in [7, 11) is 2.15. The van der Waals surface area contributed by atoms with E-state index in [0.29, 0.717) is 0 Å². The third kappa shape index (κ3) is 5.27. The van der Waals surface area contributed by atoms with Gasteiger partial charge >= 0.3 is 0 Å². The van der Waals surface area contributed by atoms with Crippen LogP contribution in [0.15, 0.2) is 53.0 Å². The Kier molecular flexibility index (Phi) is 5.97. The summed E-state index contributed by atoms with van der Waals surface area (Å²) in [5.74, 6) is 0. The number of nitrogens with zero attached hydrogens (tertiary/aromatic N) is 1. The molecule has 0 aliphatic rings. The highest BCUT2D eigenvalue weighted by Gasteiger charge is 2.08. The van der Waals surface area contributed by atoms with Gasteiger partial charge in [-0.1, -0.05) is 57.9 Å². The summed E-state index contributed by atoms with van der Waals surface area (Å²) in [4.78, 5) is 2.33. The minimum atomic E-state index is 0.0954. The highest BCUT2D eigenvalue weighted by atomic mass is 79.9. The lowest BCUT2D eigenvalue weighted by Crippen LogP contribution is -2.23. The van der Waals surface area contributed by atoms with E-state index < -0.39 is 0 Å². The fraction of sp³-hybridized carbons (Fsp3) is 0.333. The highest BCUT2D eigenvalue weighted by Crippen LogP contribution is 2.18. The molecule has 112 valence electrons. The molecule has 2 nitrogen and oxygen atoms in total. The molecular weight excluding hydrogens is 324 g/mol. The van der Waals surface area contributed by atoms with Gasteiger partial charge in [-0.15, -0.1) is 0 Å². The van der Waals surface area contributed by atoms with Crippen molar-refractivity contribution in [3.63, 3.8) is 0 Å². The molecule has 2 rings (SSSR count). The molecule has 0 heterocycles. The molecule has 0 spiro atoms. The Balaban J connectivity index is 1.83. The molecule has 21 heavy (non-hydrogen) atoms. The topological polar surface area (TPSA) is 29.3 Å². The summed E-state index contributed by atoms with van der Waals surface area (Å²) < 4.78 is 1.09. The number of benzene rings is 2. The predicted molar refractivity (Wildman–Crippen MR) is 93.2 cm³/mol. The maximum atomic E-state index is 6.27. The summed E-state index contributed by atoms with van der Waals surface area (Å²) in [6.45, 7) is 4.09. The molecule has 0 fully saturated rings. The summed E-state index contributed by atoms with van der Waals surface area (Å²) in [6.07, 6.45) is 0.962. The lowest BCUT2D eigenvalue weighted by Gasteiger charge is -2.20. The number of halogens is 1. The summed E-state index contributed by atoms with van der Waals surface area (Å²) in [5, 5.41) is 0. The van der Waals surface area contributed by atoms with Crippen LogP contribution < -0.4 is 5.73 Å². The molecule has 0 radical (unpaired) electrons. The van der Waals surface area contributed by atoms with Gasteiger partial charge in [-0.3, -0.25) is 0 Å². The van der Waals surface area contributed by atoms with Gasteiger partial charge in [0.25, 0.3) is 0 Å². The zero-order chi connectivity index (χ0) is 15.2. The van der Waals surface area contributed by atoms with Crippen LogP contribution in [-0.2, 0) is 6.54 Å². The average Bonchev–Trinajstić information content (AvgIpc) is 2.45. The van der Waals surface area contributed by atoms with Crippen LogP contribution in [0.2, 0.25) is 0 Å². The largest absolute Gasteiger partial charge is 0.324 e. The second kappa shape index (κ2) is 7.74. The van der Waals surface area contributed by atoms with Crippen molar-refractivity contribution in [3.05, 3.63) is 69.7 Å². The van der Waals surface area contributed by atoms with E-state index in [-0.39, 0.29) is 6.04 Å². The lowest BCUT2D eigenvalue weighted by atomic mass is 10.0. The lowest BCUT2D eigenvalue weighted by molar-refractivity contribution is 0.311. The van der Waals surface area contributed by atoms with Gasteiger partial charge in [0.05, 0.1) is 0 Å². The van der Waals surface area contributed by atoms with E-state index in [1.165, 1.54) is 16.7 Å². The maximum absolute atomic E-state index is 6.27. The fourth-order valence-corrected chi connectivity index (χ4v) is 2.70. The SMILES string of the molecule is Cc1cccc(CN(C)CCC(N)c2ccc(Br)cc2)c1. The second-order valence-electron chi connectivity index (χ2n) is 5.67. The van der Waals surface area contributed by atoms with Crippen molar-refractivity contribution in [3.8, 4) is 0 Å². The molecule has 1 atom stereocenters. The number of aryl methyl sites for hydroxylation is 1. The molecule has 1 unspecified atom stereocenters. The molecule has 2 N–H and O–H groups in total. The number of nitrogens with two attached hydrogens (primary N) is 1. The van der Waals surface area contributed by atoms with E-state index in [0.717, 1.165) is 24.0 Å². The third-order valence-corrected chi connectivity index (χ3v) is 4.18. The van der Waals surface area contributed by atoms with Gasteiger partial charge in [0.15, 0.2) is 0 Å². The molecule has 0 aliphatic carbocycles. The van der Waals surface area contributed by atoms with Gasteiger partial charge < -0.3 is 10.6 Å². The first-order valence-electron chi connectivity index (χ1n) is 7.30. The summed E-state index contributed by atoms with van der Waals surface area (Å²) in [6, 6.07) is 17.0. The van der Waals surface area contributed by atoms with E-state index >= 15 is 0 Å². The van der Waals surface area contributed by atoms with Crippen molar-refractivity contribution >= 4 is 15.9 Å². The molecule has 2 aromatic rings. The Morgan fingerprint density at radius 3 is 2.52 bits per heavy atom. The molecule has 0 amide bonds. The predicted octanol–water partition coefficient (Wildman–Crippen LogP) is 4.28. The van der Waals surface area contributed by atoms with Crippen molar-refractivity contribution in [2.45, 2.75) is 25.9 Å². The Morgan fingerprint density at radius 1 is 1.14 bits per heavy atom. The molecule has 0 aliphatic heterocycles. The van der Waals surface area contributed by atoms with Crippen molar-refractivity contribution in [1.29, 1.82) is 0 Å². The van der Waals surface area contributed by atoms with Gasteiger partial charge in [-0.05, 0) is 50.2 Å². The Morgan fingerprint density at radius 2 is 1.86 bits per heavy atom. The normalized spacial score (nSPS) is 12.6. The number of rotatable bonds is 6. The fourth-order valence-electron chi connectivity index (χ4n) is 2.44. The van der Waals surface area contributed by atoms with Crippen molar-refractivity contribution in [1.82, 2.24) is 4.90 Å². The van der Waals surface area contributed by atoms with Crippen LogP contribution >= 0.6 is 15.9 Å². The van der Waals surface area contributed by atoms with E-state index in [1.807, 2.05) is 12.1 Å². The van der Waals surface area contributed by atoms with Crippen LogP contribution in [0.5, 0.6) is 0 Å². The van der Waals surface area contributed by atoms with E-state index in [4.69, 9.17) is 5.73 Å². The Hall–Kier alpha value is -1.16. The Labute approximate surface area is 136 Å². The minimum absolute atomic E-state index is 0.0954. The van der Waals surface area contributed by atoms with Crippen LogP contribution in [0.3, 0.4) is 0 Å². The first-order chi connectivity index (χ1) is 10.0. The first-order valence-corrected chi connectivity index (χ1v) is 8.09. The quantitative estimate of drug-likeness (QED) is 0.845.